The molecule has 6 heteroatoms. The Morgan fingerprint density at radius 1 is 1.07 bits per heavy atom. The van der Waals surface area contributed by atoms with E-state index in [1.807, 2.05) is 57.2 Å². The normalized spacial score (nSPS) is 11.0. The van der Waals surface area contributed by atoms with E-state index < -0.39 is 0 Å². The minimum atomic E-state index is -0.132. The van der Waals surface area contributed by atoms with Gasteiger partial charge >= 0.3 is 0 Å². The molecule has 0 aliphatic carbocycles. The summed E-state index contributed by atoms with van der Waals surface area (Å²) in [7, 11) is 0. The van der Waals surface area contributed by atoms with E-state index >= 15 is 0 Å². The van der Waals surface area contributed by atoms with Crippen LogP contribution in [0.5, 0.6) is 0 Å². The van der Waals surface area contributed by atoms with Gasteiger partial charge in [0.15, 0.2) is 10.9 Å². The molecule has 0 unspecified atom stereocenters. The van der Waals surface area contributed by atoms with Gasteiger partial charge in [-0.15, -0.1) is 0 Å². The molecule has 2 heterocycles. The highest BCUT2D eigenvalue weighted by atomic mass is 32.2. The summed E-state index contributed by atoms with van der Waals surface area (Å²) in [6.45, 7) is 6.58. The number of amides is 1. The molecule has 0 saturated heterocycles. The van der Waals surface area contributed by atoms with Gasteiger partial charge < -0.3 is 9.32 Å². The summed E-state index contributed by atoms with van der Waals surface area (Å²) in [5.41, 5.74) is 4.66. The Morgan fingerprint density at radius 3 is 2.60 bits per heavy atom. The first-order chi connectivity index (χ1) is 14.6. The largest absolute Gasteiger partial charge is 0.451 e. The molecule has 0 aliphatic heterocycles. The van der Waals surface area contributed by atoms with Crippen LogP contribution in [0.1, 0.15) is 34.2 Å². The van der Waals surface area contributed by atoms with Gasteiger partial charge in [0, 0.05) is 41.3 Å². The van der Waals surface area contributed by atoms with E-state index in [4.69, 9.17) is 4.42 Å². The summed E-state index contributed by atoms with van der Waals surface area (Å²) in [5.74, 6) is 0.793. The topological polar surface area (TPSA) is 59.2 Å². The monoisotopic (exact) mass is 417 g/mol. The fourth-order valence-electron chi connectivity index (χ4n) is 3.47. The summed E-state index contributed by atoms with van der Waals surface area (Å²) < 4.78 is 6.08. The molecule has 152 valence electrons. The molecule has 0 radical (unpaired) electrons. The van der Waals surface area contributed by atoms with Crippen molar-refractivity contribution < 1.29 is 9.21 Å². The number of rotatable bonds is 6. The molecule has 0 N–H and O–H groups in total. The average Bonchev–Trinajstić information content (AvgIpc) is 3.14. The number of hydrogen-bond donors (Lipinski definition) is 0. The van der Waals surface area contributed by atoms with E-state index in [1.165, 1.54) is 11.8 Å². The summed E-state index contributed by atoms with van der Waals surface area (Å²) in [4.78, 5) is 24.0. The zero-order valence-electron chi connectivity index (χ0n) is 17.3. The molecule has 4 aromatic rings. The van der Waals surface area contributed by atoms with Gasteiger partial charge in [-0.05, 0) is 50.1 Å². The van der Waals surface area contributed by atoms with Crippen LogP contribution in [0.4, 0.5) is 5.69 Å². The van der Waals surface area contributed by atoms with E-state index in [1.54, 1.807) is 23.4 Å². The van der Waals surface area contributed by atoms with E-state index in [2.05, 4.69) is 16.0 Å². The van der Waals surface area contributed by atoms with E-state index in [0.717, 1.165) is 27.8 Å². The molecule has 0 bridgehead atoms. The van der Waals surface area contributed by atoms with Crippen molar-refractivity contribution in [2.45, 2.75) is 31.7 Å². The molecule has 0 fully saturated rings. The fourth-order valence-corrected chi connectivity index (χ4v) is 4.30. The van der Waals surface area contributed by atoms with Gasteiger partial charge in [0.1, 0.15) is 5.58 Å². The first kappa shape index (κ1) is 20.2. The minimum Gasteiger partial charge on any atom is -0.451 e. The molecule has 30 heavy (non-hydrogen) atoms. The Morgan fingerprint density at radius 2 is 1.83 bits per heavy atom. The van der Waals surface area contributed by atoms with Gasteiger partial charge in [0.2, 0.25) is 0 Å². The van der Waals surface area contributed by atoms with Gasteiger partial charge in [-0.2, -0.15) is 0 Å². The van der Waals surface area contributed by atoms with E-state index in [-0.39, 0.29) is 5.91 Å². The lowest BCUT2D eigenvalue weighted by Gasteiger charge is -2.23. The van der Waals surface area contributed by atoms with Crippen molar-refractivity contribution >= 4 is 34.3 Å². The quantitative estimate of drug-likeness (QED) is 0.293. The number of furan rings is 1. The number of hydrogen-bond acceptors (Lipinski definition) is 5. The third-order valence-electron chi connectivity index (χ3n) is 5.00. The number of carbonyl (C=O) groups is 1. The number of anilines is 1. The molecule has 1 amide bonds. The van der Waals surface area contributed by atoms with Crippen LogP contribution in [0.2, 0.25) is 0 Å². The maximum atomic E-state index is 13.6. The number of carbonyl (C=O) groups excluding carboxylic acids is 1. The second kappa shape index (κ2) is 8.71. The summed E-state index contributed by atoms with van der Waals surface area (Å²) in [6.07, 6.45) is 3.43. The van der Waals surface area contributed by atoms with Gasteiger partial charge in [-0.3, -0.25) is 4.79 Å². The van der Waals surface area contributed by atoms with Crippen molar-refractivity contribution in [3.8, 4) is 0 Å². The van der Waals surface area contributed by atoms with Gasteiger partial charge in [0.25, 0.3) is 5.91 Å². The van der Waals surface area contributed by atoms with E-state index in [0.29, 0.717) is 28.8 Å². The Hall–Kier alpha value is -3.12. The lowest BCUT2D eigenvalue weighted by Crippen LogP contribution is -2.31. The zero-order chi connectivity index (χ0) is 21.1. The van der Waals surface area contributed by atoms with Crippen LogP contribution in [-0.4, -0.2) is 22.4 Å². The van der Waals surface area contributed by atoms with E-state index in [9.17, 15) is 4.79 Å². The molecule has 5 nitrogen and oxygen atoms in total. The summed E-state index contributed by atoms with van der Waals surface area (Å²) >= 11 is 1.49. The molecule has 2 aromatic carbocycles. The highest BCUT2D eigenvalue weighted by Crippen LogP contribution is 2.33. The van der Waals surface area contributed by atoms with Gasteiger partial charge in [0.05, 0.1) is 0 Å². The van der Waals surface area contributed by atoms with Crippen LogP contribution < -0.4 is 4.90 Å². The Bertz CT molecular complexity index is 1190. The molecule has 2 aromatic heterocycles. The average molecular weight is 418 g/mol. The van der Waals surface area contributed by atoms with Crippen LogP contribution in [0.25, 0.3) is 11.0 Å². The van der Waals surface area contributed by atoms with Crippen molar-refractivity contribution in [1.82, 2.24) is 9.97 Å². The van der Waals surface area contributed by atoms with Crippen molar-refractivity contribution in [2.24, 2.45) is 0 Å². The van der Waals surface area contributed by atoms with Crippen LogP contribution >= 0.6 is 11.8 Å². The molecular weight excluding hydrogens is 394 g/mol. The number of fused-ring (bicyclic) bond motifs is 1. The minimum absolute atomic E-state index is 0.132. The molecule has 0 aliphatic rings. The second-order valence-electron chi connectivity index (χ2n) is 7.07. The predicted octanol–water partition coefficient (Wildman–Crippen LogP) is 5.80. The van der Waals surface area contributed by atoms with Crippen LogP contribution in [0, 0.1) is 13.8 Å². The number of thioether (sulfide) groups is 1. The van der Waals surface area contributed by atoms with Crippen molar-refractivity contribution in [3.63, 3.8) is 0 Å². The van der Waals surface area contributed by atoms with Gasteiger partial charge in [-0.1, -0.05) is 42.1 Å². The van der Waals surface area contributed by atoms with Crippen LogP contribution in [0.15, 0.2) is 70.5 Å². The number of benzene rings is 2. The summed E-state index contributed by atoms with van der Waals surface area (Å²) in [5, 5.41) is 1.62. The van der Waals surface area contributed by atoms with Crippen LogP contribution in [0.3, 0.4) is 0 Å². The smallest absolute Gasteiger partial charge is 0.294 e. The highest BCUT2D eigenvalue weighted by Gasteiger charge is 2.26. The third-order valence-corrected chi connectivity index (χ3v) is 5.90. The number of para-hydroxylation sites is 1. The maximum Gasteiger partial charge on any atom is 0.294 e. The first-order valence-corrected chi connectivity index (χ1v) is 10.9. The molecule has 0 spiro atoms. The Labute approximate surface area is 180 Å². The first-order valence-electron chi connectivity index (χ1n) is 9.87. The summed E-state index contributed by atoms with van der Waals surface area (Å²) in [6, 6.07) is 15.7. The maximum absolute atomic E-state index is 13.6. The van der Waals surface area contributed by atoms with Crippen LogP contribution in [-0.2, 0) is 5.75 Å². The Kier molecular flexibility index (Phi) is 5.86. The third kappa shape index (κ3) is 3.96. The highest BCUT2D eigenvalue weighted by molar-refractivity contribution is 7.98. The SMILES string of the molecule is CCN(C(=O)c1oc2ccccc2c1CSc1ncccn1)c1cc(C)ccc1C. The standard InChI is InChI=1S/C24H23N3O2S/c1-4-27(20-14-16(2)10-11-17(20)3)23(28)22-19(15-30-24-25-12-7-13-26-24)18-8-5-6-9-21(18)29-22/h5-14H,4,15H2,1-3H3. The van der Waals surface area contributed by atoms with Crippen molar-refractivity contribution in [3.05, 3.63) is 83.4 Å². The van der Waals surface area contributed by atoms with Gasteiger partial charge in [-0.25, -0.2) is 9.97 Å². The Balaban J connectivity index is 1.75. The number of nitrogens with zero attached hydrogens (tertiary/aromatic N) is 3. The molecule has 0 atom stereocenters. The molecule has 0 saturated carbocycles. The fraction of sp³-hybridized carbons (Fsp3) is 0.208. The molecular formula is C24H23N3O2S. The second-order valence-corrected chi connectivity index (χ2v) is 8.01. The lowest BCUT2D eigenvalue weighted by atomic mass is 10.1. The zero-order valence-corrected chi connectivity index (χ0v) is 18.1. The van der Waals surface area contributed by atoms with Crippen molar-refractivity contribution in [1.29, 1.82) is 0 Å². The lowest BCUT2D eigenvalue weighted by molar-refractivity contribution is 0.0962. The molecule has 4 rings (SSSR count). The van der Waals surface area contributed by atoms with Crippen molar-refractivity contribution in [2.75, 3.05) is 11.4 Å². The number of aromatic nitrogens is 2. The number of aryl methyl sites for hydroxylation is 2. The predicted molar refractivity (Wildman–Crippen MR) is 121 cm³/mol.